The summed E-state index contributed by atoms with van der Waals surface area (Å²) in [5.41, 5.74) is 8.33. The molecule has 1 unspecified atom stereocenters. The normalized spacial score (nSPS) is 18.5. The van der Waals surface area contributed by atoms with E-state index in [1.54, 1.807) is 51.9 Å². The molecule has 9 rings (SSSR count). The molecule has 18 nitrogen and oxygen atoms in total. The highest BCUT2D eigenvalue weighted by atomic mass is 19.1. The van der Waals surface area contributed by atoms with E-state index in [2.05, 4.69) is 44.1 Å². The van der Waals surface area contributed by atoms with Gasteiger partial charge in [0.05, 0.1) is 70.8 Å². The zero-order valence-corrected chi connectivity index (χ0v) is 43.7. The zero-order chi connectivity index (χ0) is 52.1. The summed E-state index contributed by atoms with van der Waals surface area (Å²) in [4.78, 5) is 12.1. The van der Waals surface area contributed by atoms with Crippen molar-refractivity contribution in [3.05, 3.63) is 100 Å². The van der Waals surface area contributed by atoms with E-state index in [0.717, 1.165) is 33.3 Å². The number of aromatic amines is 1. The molecule has 7 aromatic rings. The number of hydrogen-bond acceptors (Lipinski definition) is 14. The van der Waals surface area contributed by atoms with E-state index >= 15 is 4.39 Å². The molecule has 0 aliphatic carbocycles. The molecule has 4 N–H and O–H groups in total. The van der Waals surface area contributed by atoms with Crippen molar-refractivity contribution in [1.29, 1.82) is 5.41 Å². The number of likely N-dealkylation sites (N-methyl/N-ethyl adjacent to an activating group) is 1. The number of aliphatic hydroxyl groups is 1. The molecular weight excluding hydrogens is 930 g/mol. The van der Waals surface area contributed by atoms with E-state index in [1.807, 2.05) is 91.9 Å². The molecule has 0 amide bonds. The lowest BCUT2D eigenvalue weighted by atomic mass is 10.0. The molecule has 0 spiro atoms. The molecular formula is C54H68FN13O5. The van der Waals surface area contributed by atoms with Crippen molar-refractivity contribution >= 4 is 45.9 Å². The van der Waals surface area contributed by atoms with Crippen LogP contribution in [0.4, 0.5) is 4.39 Å². The summed E-state index contributed by atoms with van der Waals surface area (Å²) < 4.78 is 44.5. The molecule has 2 aliphatic rings. The Morgan fingerprint density at radius 2 is 1.68 bits per heavy atom. The van der Waals surface area contributed by atoms with Crippen molar-refractivity contribution in [2.45, 2.75) is 87.1 Å². The van der Waals surface area contributed by atoms with E-state index in [1.165, 1.54) is 6.07 Å². The number of fused-ring (bicyclic) bond motifs is 7. The second kappa shape index (κ2) is 22.6. The third-order valence-corrected chi connectivity index (χ3v) is 12.7. The number of benzene rings is 2. The lowest BCUT2D eigenvalue weighted by molar-refractivity contribution is 0.122. The van der Waals surface area contributed by atoms with Gasteiger partial charge in [0, 0.05) is 85.7 Å². The minimum absolute atomic E-state index is 0.0492. The second-order valence-electron chi connectivity index (χ2n) is 18.3. The molecule has 0 fully saturated rings. The Balaban J connectivity index is 0.00000351. The maximum Gasteiger partial charge on any atom is 0.243 e. The molecule has 7 heterocycles. The standard InChI is InChI=1S/C52H62FN13O5.C2H6/c1-10-68-49(54)37-14-17-45-40-23-38(48-33(7)60-63(9)52(48)71-32(6)27-64(30(3)4)29-46(37)55-20-21-67)42(53)24-47(40)65(61-45)66-51-41(25-57-66)34-12-15-43-39(22-34)44(59-58-43)16-13-36-35(18-19-56-50(36)69-11-2)28-62(8)26-31(5)70-51;1-2/h12-19,22-25,30-32,54-55,67H,10-11,20-21,26-29H2,1-9H3,(H,58,59);1-2H3/b16-13+,17-14+,46-37-,54-49?;/t31-,32?;/m0./s1. The molecule has 0 saturated heterocycles. The van der Waals surface area contributed by atoms with Gasteiger partial charge in [-0.1, -0.05) is 19.9 Å². The number of pyridine rings is 1. The van der Waals surface area contributed by atoms with Crippen LogP contribution in [0.15, 0.2) is 66.1 Å². The molecule has 2 aliphatic heterocycles. The fraction of sp³-hybridized carbons (Fsp3) is 0.407. The summed E-state index contributed by atoms with van der Waals surface area (Å²) in [6.45, 7) is 20.6. The summed E-state index contributed by atoms with van der Waals surface area (Å²) >= 11 is 0. The van der Waals surface area contributed by atoms with Crippen LogP contribution in [0.25, 0.3) is 62.3 Å². The van der Waals surface area contributed by atoms with Crippen LogP contribution in [0.5, 0.6) is 17.6 Å². The van der Waals surface area contributed by atoms with E-state index in [-0.39, 0.29) is 49.5 Å². The van der Waals surface area contributed by atoms with Gasteiger partial charge in [0.2, 0.25) is 23.5 Å². The smallest absolute Gasteiger partial charge is 0.243 e. The van der Waals surface area contributed by atoms with Gasteiger partial charge in [-0.25, -0.2) is 14.1 Å². The Labute approximate surface area is 425 Å². The van der Waals surface area contributed by atoms with E-state index in [9.17, 15) is 5.11 Å². The fourth-order valence-electron chi connectivity index (χ4n) is 9.39. The van der Waals surface area contributed by atoms with Gasteiger partial charge in [-0.05, 0) is 115 Å². The molecule has 73 heavy (non-hydrogen) atoms. The summed E-state index contributed by atoms with van der Waals surface area (Å²) in [6, 6.07) is 11.3. The van der Waals surface area contributed by atoms with Crippen LogP contribution < -0.4 is 19.5 Å². The highest BCUT2D eigenvalue weighted by Crippen LogP contribution is 2.40. The van der Waals surface area contributed by atoms with Gasteiger partial charge in [0.15, 0.2) is 0 Å². The highest BCUT2D eigenvalue weighted by molar-refractivity contribution is 5.98. The number of ether oxygens (including phenoxy) is 4. The maximum absolute atomic E-state index is 17.2. The van der Waals surface area contributed by atoms with E-state index in [4.69, 9.17) is 39.7 Å². The zero-order valence-electron chi connectivity index (χ0n) is 43.7. The fourth-order valence-corrected chi connectivity index (χ4v) is 9.39. The van der Waals surface area contributed by atoms with Crippen molar-refractivity contribution in [1.82, 2.24) is 59.9 Å². The quantitative estimate of drug-likeness (QED) is 0.0795. The minimum Gasteiger partial charge on any atom is -0.478 e. The Morgan fingerprint density at radius 3 is 2.44 bits per heavy atom. The number of nitrogens with zero attached hydrogens (tertiary/aromatic N) is 10. The summed E-state index contributed by atoms with van der Waals surface area (Å²) in [6.07, 6.45) is 10.3. The number of hydrogen-bond donors (Lipinski definition) is 4. The Morgan fingerprint density at radius 1 is 0.918 bits per heavy atom. The van der Waals surface area contributed by atoms with Crippen molar-refractivity contribution in [3.63, 3.8) is 0 Å². The molecule has 5 aromatic heterocycles. The third kappa shape index (κ3) is 10.7. The number of nitrogens with one attached hydrogen (secondary N) is 3. The van der Waals surface area contributed by atoms with Gasteiger partial charge in [-0.2, -0.15) is 15.3 Å². The van der Waals surface area contributed by atoms with E-state index in [0.29, 0.717) is 95.1 Å². The number of H-pyrrole nitrogens is 1. The molecule has 0 radical (unpaired) electrons. The van der Waals surface area contributed by atoms with Crippen LogP contribution in [0.3, 0.4) is 0 Å². The first-order chi connectivity index (χ1) is 35.3. The third-order valence-electron chi connectivity index (χ3n) is 12.7. The van der Waals surface area contributed by atoms with Gasteiger partial charge in [0.1, 0.15) is 18.0 Å². The van der Waals surface area contributed by atoms with Gasteiger partial charge in [-0.3, -0.25) is 20.3 Å². The Hall–Kier alpha value is -7.35. The first-order valence-electron chi connectivity index (χ1n) is 25.1. The van der Waals surface area contributed by atoms with Gasteiger partial charge in [0.25, 0.3) is 0 Å². The van der Waals surface area contributed by atoms with Crippen LogP contribution in [-0.2, 0) is 18.3 Å². The summed E-state index contributed by atoms with van der Waals surface area (Å²) in [5, 5.41) is 46.7. The molecule has 2 atom stereocenters. The topological polar surface area (TPSA) is 195 Å². The number of halogens is 1. The Bertz CT molecular complexity index is 3200. The number of rotatable bonds is 9. The number of aliphatic hydroxyl groups excluding tert-OH is 1. The van der Waals surface area contributed by atoms with Crippen LogP contribution in [0.2, 0.25) is 0 Å². The Kier molecular flexibility index (Phi) is 16.1. The van der Waals surface area contributed by atoms with Crippen molar-refractivity contribution in [2.24, 2.45) is 7.05 Å². The largest absolute Gasteiger partial charge is 0.478 e. The van der Waals surface area contributed by atoms with Crippen molar-refractivity contribution in [3.8, 4) is 39.9 Å². The van der Waals surface area contributed by atoms with E-state index < -0.39 is 5.82 Å². The maximum atomic E-state index is 17.2. The summed E-state index contributed by atoms with van der Waals surface area (Å²) in [5.74, 6) is 0.774. The van der Waals surface area contributed by atoms with Gasteiger partial charge < -0.3 is 29.4 Å². The highest BCUT2D eigenvalue weighted by Gasteiger charge is 2.29. The molecule has 4 bridgehead atoms. The van der Waals surface area contributed by atoms with Crippen LogP contribution in [-0.4, -0.2) is 137 Å². The summed E-state index contributed by atoms with van der Waals surface area (Å²) in [7, 11) is 3.83. The molecule has 386 valence electrons. The SMILES string of the molecule is CC.CCOC(=N)C1=C(\NCCO)CN(C(C)C)CC(C)Oc2c(c(C)nn2C)-c2cc3c(nn(-n4ncc5c4O[C@@H](C)CN(C)Cc4ccnc(OCC)c4/C=C/c4n[nH]c6ccc-5cc46)c3cc2F)\C=C\1. The lowest BCUT2D eigenvalue weighted by Gasteiger charge is -2.31. The van der Waals surface area contributed by atoms with Crippen LogP contribution in [0, 0.1) is 18.2 Å². The molecule has 2 aromatic carbocycles. The average Bonchev–Trinajstić information content (AvgIpc) is 4.12. The monoisotopic (exact) mass is 998 g/mol. The number of aromatic nitrogens is 9. The molecule has 0 saturated carbocycles. The number of aryl methyl sites for hydroxylation is 2. The molecule has 19 heteroatoms. The van der Waals surface area contributed by atoms with Crippen LogP contribution in [0.1, 0.15) is 83.6 Å². The minimum atomic E-state index is -0.519. The predicted octanol–water partition coefficient (Wildman–Crippen LogP) is 8.49. The first kappa shape index (κ1) is 52.0. The average molecular weight is 998 g/mol. The van der Waals surface area contributed by atoms with Gasteiger partial charge in [-0.15, -0.1) is 14.7 Å². The first-order valence-corrected chi connectivity index (χ1v) is 25.1. The van der Waals surface area contributed by atoms with Crippen molar-refractivity contribution in [2.75, 3.05) is 53.0 Å². The second-order valence-corrected chi connectivity index (χ2v) is 18.3. The van der Waals surface area contributed by atoms with Crippen molar-refractivity contribution < 1.29 is 28.4 Å². The van der Waals surface area contributed by atoms with Gasteiger partial charge >= 0.3 is 0 Å². The van der Waals surface area contributed by atoms with Crippen LogP contribution >= 0.6 is 0 Å². The predicted molar refractivity (Wildman–Crippen MR) is 284 cm³/mol. The lowest BCUT2D eigenvalue weighted by Crippen LogP contribution is -2.42.